The van der Waals surface area contributed by atoms with Crippen LogP contribution in [-0.4, -0.2) is 20.3 Å². The minimum atomic E-state index is -0.415. The molecule has 2 atom stereocenters. The second-order valence-corrected chi connectivity index (χ2v) is 6.79. The molecule has 0 aliphatic carbocycles. The number of benzene rings is 1. The van der Waals surface area contributed by atoms with E-state index >= 15 is 0 Å². The molecule has 1 rings (SSSR count). The molecule has 108 valence electrons. The van der Waals surface area contributed by atoms with E-state index in [-0.39, 0.29) is 22.6 Å². The van der Waals surface area contributed by atoms with Gasteiger partial charge in [-0.25, -0.2) is 4.39 Å². The smallest absolute Gasteiger partial charge is 0.147 e. The molecule has 1 aromatic rings. The van der Waals surface area contributed by atoms with E-state index in [2.05, 4.69) is 42.0 Å². The largest absolute Gasteiger partial charge is 0.379 e. The molecule has 2 nitrogen and oxygen atoms in total. The van der Waals surface area contributed by atoms with E-state index in [9.17, 15) is 4.39 Å². The van der Waals surface area contributed by atoms with Gasteiger partial charge in [-0.1, -0.05) is 38.4 Å². The van der Waals surface area contributed by atoms with E-state index in [0.29, 0.717) is 10.0 Å². The van der Waals surface area contributed by atoms with Crippen LogP contribution < -0.4 is 5.32 Å². The van der Waals surface area contributed by atoms with Gasteiger partial charge in [-0.05, 0) is 34.5 Å². The lowest BCUT2D eigenvalue weighted by Gasteiger charge is -2.36. The molecule has 0 fully saturated rings. The van der Waals surface area contributed by atoms with Gasteiger partial charge in [-0.2, -0.15) is 0 Å². The number of hydrogen-bond donors (Lipinski definition) is 1. The Hall–Kier alpha value is -0.160. The Labute approximate surface area is 127 Å². The highest BCUT2D eigenvalue weighted by molar-refractivity contribution is 9.10. The van der Waals surface area contributed by atoms with E-state index in [1.807, 2.05) is 0 Å². The molecule has 2 unspecified atom stereocenters. The van der Waals surface area contributed by atoms with E-state index in [4.69, 9.17) is 16.3 Å². The molecule has 5 heteroatoms. The molecule has 1 aromatic carbocycles. The predicted molar refractivity (Wildman–Crippen MR) is 81.2 cm³/mol. The highest BCUT2D eigenvalue weighted by Crippen LogP contribution is 2.36. The fourth-order valence-corrected chi connectivity index (χ4v) is 2.72. The molecule has 0 aliphatic rings. The Kier molecular flexibility index (Phi) is 5.80. The summed E-state index contributed by atoms with van der Waals surface area (Å²) in [5, 5.41) is 3.22. The van der Waals surface area contributed by atoms with Crippen LogP contribution in [0.4, 0.5) is 4.39 Å². The maximum absolute atomic E-state index is 14.3. The highest BCUT2D eigenvalue weighted by Gasteiger charge is 2.34. The first-order chi connectivity index (χ1) is 8.73. The molecule has 0 amide bonds. The van der Waals surface area contributed by atoms with Crippen LogP contribution in [0.3, 0.4) is 0 Å². The van der Waals surface area contributed by atoms with E-state index in [1.165, 1.54) is 0 Å². The van der Waals surface area contributed by atoms with Crippen LogP contribution >= 0.6 is 27.5 Å². The van der Waals surface area contributed by atoms with Gasteiger partial charge in [-0.15, -0.1) is 0 Å². The first-order valence-corrected chi connectivity index (χ1v) is 7.24. The number of halogens is 3. The minimum absolute atomic E-state index is 0.0986. The molecule has 0 radical (unpaired) electrons. The standard InChI is InChI=1S/C14H20BrClFNO/c1-14(2,3)13(19-5)12(18-4)8-6-7-9(15)10(16)11(8)17/h6-7,12-13,18H,1-5H3. The van der Waals surface area contributed by atoms with Crippen LogP contribution in [0.25, 0.3) is 0 Å². The summed E-state index contributed by atoms with van der Waals surface area (Å²) in [4.78, 5) is 0. The number of methoxy groups -OCH3 is 1. The highest BCUT2D eigenvalue weighted by atomic mass is 79.9. The number of nitrogens with one attached hydrogen (secondary N) is 1. The van der Waals surface area contributed by atoms with Crippen molar-refractivity contribution in [3.05, 3.63) is 33.0 Å². The van der Waals surface area contributed by atoms with Crippen molar-refractivity contribution in [3.63, 3.8) is 0 Å². The van der Waals surface area contributed by atoms with Gasteiger partial charge in [0.25, 0.3) is 0 Å². The molecule has 0 spiro atoms. The SMILES string of the molecule is CNC(c1ccc(Br)c(Cl)c1F)C(OC)C(C)(C)C. The van der Waals surface area contributed by atoms with E-state index in [1.54, 1.807) is 26.3 Å². The lowest BCUT2D eigenvalue weighted by Crippen LogP contribution is -2.40. The molecule has 1 N–H and O–H groups in total. The Bertz CT molecular complexity index is 448. The van der Waals surface area contributed by atoms with Gasteiger partial charge < -0.3 is 10.1 Å². The molecule has 0 heterocycles. The van der Waals surface area contributed by atoms with Gasteiger partial charge in [0.15, 0.2) is 0 Å². The van der Waals surface area contributed by atoms with Crippen molar-refractivity contribution in [3.8, 4) is 0 Å². The number of ether oxygens (including phenoxy) is 1. The zero-order valence-electron chi connectivity index (χ0n) is 11.9. The average molecular weight is 353 g/mol. The first kappa shape index (κ1) is 16.9. The molecule has 19 heavy (non-hydrogen) atoms. The summed E-state index contributed by atoms with van der Waals surface area (Å²) in [7, 11) is 3.43. The molecular formula is C14H20BrClFNO. The summed E-state index contributed by atoms with van der Waals surface area (Å²) in [6.07, 6.45) is -0.177. The topological polar surface area (TPSA) is 21.3 Å². The third-order valence-corrected chi connectivity index (χ3v) is 4.38. The van der Waals surface area contributed by atoms with Gasteiger partial charge in [0.1, 0.15) is 5.82 Å². The normalized spacial score (nSPS) is 15.4. The summed E-state index contributed by atoms with van der Waals surface area (Å²) >= 11 is 9.18. The third-order valence-electron chi connectivity index (χ3n) is 3.12. The summed E-state index contributed by atoms with van der Waals surface area (Å²) < 4.78 is 20.4. The zero-order chi connectivity index (χ0) is 14.8. The van der Waals surface area contributed by atoms with Crippen molar-refractivity contribution < 1.29 is 9.13 Å². The molecule has 0 saturated carbocycles. The second kappa shape index (κ2) is 6.53. The molecule has 0 bridgehead atoms. The van der Waals surface area contributed by atoms with Crippen LogP contribution in [0, 0.1) is 11.2 Å². The predicted octanol–water partition coefficient (Wildman–Crippen LogP) is 4.56. The van der Waals surface area contributed by atoms with E-state index < -0.39 is 5.82 Å². The Morgan fingerprint density at radius 1 is 1.37 bits per heavy atom. The zero-order valence-corrected chi connectivity index (χ0v) is 14.2. The van der Waals surface area contributed by atoms with Crippen LogP contribution in [0.1, 0.15) is 32.4 Å². The Balaban J connectivity index is 3.28. The average Bonchev–Trinajstić information content (AvgIpc) is 2.32. The van der Waals surface area contributed by atoms with Crippen LogP contribution in [0.2, 0.25) is 5.02 Å². The van der Waals surface area contributed by atoms with Crippen LogP contribution in [0.15, 0.2) is 16.6 Å². The summed E-state index contributed by atoms with van der Waals surface area (Å²) in [6.45, 7) is 6.18. The quantitative estimate of drug-likeness (QED) is 0.802. The van der Waals surface area contributed by atoms with Crippen LogP contribution in [0.5, 0.6) is 0 Å². The lowest BCUT2D eigenvalue weighted by molar-refractivity contribution is -0.0109. The Morgan fingerprint density at radius 3 is 2.37 bits per heavy atom. The summed E-state index contributed by atoms with van der Waals surface area (Å²) in [5.74, 6) is -0.415. The monoisotopic (exact) mass is 351 g/mol. The van der Waals surface area contributed by atoms with Gasteiger partial charge in [0, 0.05) is 17.1 Å². The second-order valence-electron chi connectivity index (χ2n) is 5.55. The van der Waals surface area contributed by atoms with Gasteiger partial charge in [0.2, 0.25) is 0 Å². The third kappa shape index (κ3) is 3.69. The first-order valence-electron chi connectivity index (χ1n) is 6.07. The molecular weight excluding hydrogens is 333 g/mol. The van der Waals surface area contributed by atoms with E-state index in [0.717, 1.165) is 0 Å². The fourth-order valence-electron chi connectivity index (χ4n) is 2.24. The van der Waals surface area contributed by atoms with Gasteiger partial charge in [-0.3, -0.25) is 0 Å². The molecule has 0 saturated heterocycles. The summed E-state index contributed by atoms with van der Waals surface area (Å²) in [6, 6.07) is 3.21. The number of likely N-dealkylation sites (N-methyl/N-ethyl adjacent to an activating group) is 1. The summed E-state index contributed by atoms with van der Waals surface area (Å²) in [5.41, 5.74) is 0.381. The van der Waals surface area contributed by atoms with Crippen molar-refractivity contribution >= 4 is 27.5 Å². The van der Waals surface area contributed by atoms with Gasteiger partial charge in [0.05, 0.1) is 17.2 Å². The van der Waals surface area contributed by atoms with Crippen LogP contribution in [-0.2, 0) is 4.74 Å². The minimum Gasteiger partial charge on any atom is -0.379 e. The van der Waals surface area contributed by atoms with Crippen molar-refractivity contribution in [2.45, 2.75) is 32.9 Å². The van der Waals surface area contributed by atoms with Crippen molar-refractivity contribution in [2.75, 3.05) is 14.2 Å². The number of rotatable bonds is 4. The molecule has 0 aliphatic heterocycles. The lowest BCUT2D eigenvalue weighted by atomic mass is 9.82. The molecule has 0 aromatic heterocycles. The maximum atomic E-state index is 14.3. The van der Waals surface area contributed by atoms with Crippen molar-refractivity contribution in [1.29, 1.82) is 0 Å². The Morgan fingerprint density at radius 2 is 1.95 bits per heavy atom. The number of hydrogen-bond acceptors (Lipinski definition) is 2. The maximum Gasteiger partial charge on any atom is 0.147 e. The van der Waals surface area contributed by atoms with Crippen molar-refractivity contribution in [1.82, 2.24) is 5.32 Å². The van der Waals surface area contributed by atoms with Crippen molar-refractivity contribution in [2.24, 2.45) is 5.41 Å². The van der Waals surface area contributed by atoms with Gasteiger partial charge >= 0.3 is 0 Å². The fraction of sp³-hybridized carbons (Fsp3) is 0.571.